The lowest BCUT2D eigenvalue weighted by molar-refractivity contribution is -0.123. The molecule has 192 valence electrons. The minimum Gasteiger partial charge on any atom is -0.493 e. The minimum absolute atomic E-state index is 0.107. The molecule has 0 N–H and O–H groups in total. The van der Waals surface area contributed by atoms with Crippen LogP contribution in [0.5, 0.6) is 23.0 Å². The number of rotatable bonds is 10. The highest BCUT2D eigenvalue weighted by atomic mass is 35.5. The van der Waals surface area contributed by atoms with Gasteiger partial charge in [-0.2, -0.15) is 0 Å². The smallest absolute Gasteiger partial charge is 0.293 e. The number of imide groups is 1. The first-order chi connectivity index (χ1) is 17.9. The number of hydrogen-bond acceptors (Lipinski definition) is 7. The van der Waals surface area contributed by atoms with E-state index in [1.54, 1.807) is 37.5 Å². The number of ether oxygens (including phenoxy) is 4. The Kier molecular flexibility index (Phi) is 8.63. The molecule has 0 spiro atoms. The van der Waals surface area contributed by atoms with Gasteiger partial charge in [0, 0.05) is 0 Å². The third kappa shape index (κ3) is 6.39. The van der Waals surface area contributed by atoms with Crippen molar-refractivity contribution < 1.29 is 28.5 Å². The summed E-state index contributed by atoms with van der Waals surface area (Å²) in [5.74, 6) is 1.56. The topological polar surface area (TPSA) is 74.3 Å². The van der Waals surface area contributed by atoms with E-state index in [2.05, 4.69) is 0 Å². The summed E-state index contributed by atoms with van der Waals surface area (Å²) in [5, 5.41) is -0.0289. The van der Waals surface area contributed by atoms with Crippen molar-refractivity contribution in [3.8, 4) is 23.0 Å². The summed E-state index contributed by atoms with van der Waals surface area (Å²) in [4.78, 5) is 26.9. The summed E-state index contributed by atoms with van der Waals surface area (Å²) >= 11 is 7.38. The number of methoxy groups -OCH3 is 2. The Morgan fingerprint density at radius 3 is 2.41 bits per heavy atom. The van der Waals surface area contributed by atoms with Crippen LogP contribution in [-0.2, 0) is 11.4 Å². The van der Waals surface area contributed by atoms with E-state index >= 15 is 0 Å². The van der Waals surface area contributed by atoms with Crippen LogP contribution in [0.25, 0.3) is 6.08 Å². The fraction of sp³-hybridized carbons (Fsp3) is 0.214. The molecule has 1 fully saturated rings. The summed E-state index contributed by atoms with van der Waals surface area (Å²) in [6.07, 6.45) is 1.62. The Hall–Kier alpha value is -3.62. The molecule has 2 amide bonds. The first kappa shape index (κ1) is 26.4. The first-order valence-corrected chi connectivity index (χ1v) is 12.7. The van der Waals surface area contributed by atoms with Crippen LogP contribution in [0.4, 0.5) is 4.79 Å². The summed E-state index contributed by atoms with van der Waals surface area (Å²) in [6, 6.07) is 18.6. The van der Waals surface area contributed by atoms with Gasteiger partial charge in [-0.1, -0.05) is 53.6 Å². The van der Waals surface area contributed by atoms with Crippen molar-refractivity contribution >= 4 is 40.6 Å². The maximum Gasteiger partial charge on any atom is 0.293 e. The van der Waals surface area contributed by atoms with Crippen LogP contribution in [0.3, 0.4) is 0 Å². The van der Waals surface area contributed by atoms with E-state index in [0.717, 1.165) is 27.8 Å². The Labute approximate surface area is 224 Å². The number of benzene rings is 3. The Morgan fingerprint density at radius 2 is 1.68 bits per heavy atom. The predicted molar refractivity (Wildman–Crippen MR) is 145 cm³/mol. The van der Waals surface area contributed by atoms with Crippen molar-refractivity contribution in [1.29, 1.82) is 0 Å². The Balaban J connectivity index is 1.44. The zero-order chi connectivity index (χ0) is 26.4. The monoisotopic (exact) mass is 539 g/mol. The van der Waals surface area contributed by atoms with Gasteiger partial charge in [0.25, 0.3) is 11.1 Å². The standard InChI is InChI=1S/C28H26ClNO6S/c1-18-7-6-8-19(13-18)17-36-26-21(29)14-20(15-24(26)34-3)16-25-27(31)30(28(32)37-25)11-12-35-23-10-5-4-9-22(23)33-2/h4-10,13-16H,11-12,17H2,1-3H3/b25-16-. The number of carbonyl (C=O) groups excluding carboxylic acids is 2. The van der Waals surface area contributed by atoms with E-state index in [4.69, 9.17) is 30.5 Å². The number of carbonyl (C=O) groups is 2. The largest absolute Gasteiger partial charge is 0.493 e. The second-order valence-electron chi connectivity index (χ2n) is 8.14. The van der Waals surface area contributed by atoms with Crippen LogP contribution in [-0.4, -0.2) is 43.4 Å². The van der Waals surface area contributed by atoms with Gasteiger partial charge in [-0.25, -0.2) is 0 Å². The lowest BCUT2D eigenvalue weighted by Gasteiger charge is -2.15. The van der Waals surface area contributed by atoms with E-state index in [1.165, 1.54) is 7.11 Å². The number of para-hydroxylation sites is 2. The molecule has 37 heavy (non-hydrogen) atoms. The molecule has 0 aliphatic carbocycles. The van der Waals surface area contributed by atoms with Crippen LogP contribution in [0.1, 0.15) is 16.7 Å². The Bertz CT molecular complexity index is 1340. The van der Waals surface area contributed by atoms with Gasteiger partial charge in [0.05, 0.1) is 30.7 Å². The quantitative estimate of drug-likeness (QED) is 0.277. The molecule has 1 saturated heterocycles. The number of nitrogens with zero attached hydrogens (tertiary/aromatic N) is 1. The van der Waals surface area contributed by atoms with Crippen LogP contribution in [0.2, 0.25) is 5.02 Å². The molecule has 0 radical (unpaired) electrons. The van der Waals surface area contributed by atoms with Gasteiger partial charge in [-0.15, -0.1) is 0 Å². The highest BCUT2D eigenvalue weighted by molar-refractivity contribution is 8.18. The molecule has 0 atom stereocenters. The zero-order valence-electron chi connectivity index (χ0n) is 20.7. The van der Waals surface area contributed by atoms with E-state index < -0.39 is 5.91 Å². The third-order valence-corrected chi connectivity index (χ3v) is 6.72. The molecule has 1 aliphatic heterocycles. The normalized spacial score (nSPS) is 14.3. The first-order valence-electron chi connectivity index (χ1n) is 11.5. The predicted octanol–water partition coefficient (Wildman–Crippen LogP) is 6.36. The number of hydrogen-bond donors (Lipinski definition) is 0. The molecule has 0 unspecified atom stereocenters. The average molecular weight is 540 g/mol. The molecule has 0 bridgehead atoms. The van der Waals surface area contributed by atoms with E-state index in [0.29, 0.717) is 40.2 Å². The van der Waals surface area contributed by atoms with Gasteiger partial charge in [-0.3, -0.25) is 14.5 Å². The molecule has 9 heteroatoms. The summed E-state index contributed by atoms with van der Waals surface area (Å²) in [6.45, 7) is 2.59. The molecule has 4 rings (SSSR count). The van der Waals surface area contributed by atoms with E-state index in [-0.39, 0.29) is 23.3 Å². The van der Waals surface area contributed by atoms with Gasteiger partial charge >= 0.3 is 0 Å². The van der Waals surface area contributed by atoms with Crippen LogP contribution in [0, 0.1) is 6.92 Å². The number of halogens is 1. The fourth-order valence-electron chi connectivity index (χ4n) is 3.75. The summed E-state index contributed by atoms with van der Waals surface area (Å²) < 4.78 is 22.4. The van der Waals surface area contributed by atoms with Gasteiger partial charge in [-0.05, 0) is 60.2 Å². The molecule has 7 nitrogen and oxygen atoms in total. The van der Waals surface area contributed by atoms with Gasteiger partial charge < -0.3 is 18.9 Å². The lowest BCUT2D eigenvalue weighted by Crippen LogP contribution is -2.32. The molecule has 0 aromatic heterocycles. The molecule has 3 aromatic rings. The van der Waals surface area contributed by atoms with Crippen molar-refractivity contribution in [3.63, 3.8) is 0 Å². The van der Waals surface area contributed by atoms with Crippen molar-refractivity contribution in [2.75, 3.05) is 27.4 Å². The van der Waals surface area contributed by atoms with Gasteiger partial charge in [0.15, 0.2) is 23.0 Å². The van der Waals surface area contributed by atoms with Crippen LogP contribution < -0.4 is 18.9 Å². The minimum atomic E-state index is -0.395. The highest BCUT2D eigenvalue weighted by Gasteiger charge is 2.35. The molecular weight excluding hydrogens is 514 g/mol. The molecule has 1 aliphatic rings. The second-order valence-corrected chi connectivity index (χ2v) is 9.54. The maximum atomic E-state index is 12.9. The van der Waals surface area contributed by atoms with E-state index in [9.17, 15) is 9.59 Å². The average Bonchev–Trinajstić information content (AvgIpc) is 3.15. The van der Waals surface area contributed by atoms with Crippen molar-refractivity contribution in [2.45, 2.75) is 13.5 Å². The highest BCUT2D eigenvalue weighted by Crippen LogP contribution is 2.39. The van der Waals surface area contributed by atoms with Gasteiger partial charge in [0.2, 0.25) is 0 Å². The molecule has 3 aromatic carbocycles. The Morgan fingerprint density at radius 1 is 0.919 bits per heavy atom. The van der Waals surface area contributed by atoms with Crippen molar-refractivity contribution in [1.82, 2.24) is 4.90 Å². The molecule has 0 saturated carbocycles. The fourth-order valence-corrected chi connectivity index (χ4v) is 4.89. The zero-order valence-corrected chi connectivity index (χ0v) is 22.2. The third-order valence-electron chi connectivity index (χ3n) is 5.53. The van der Waals surface area contributed by atoms with Crippen LogP contribution in [0.15, 0.2) is 65.6 Å². The molecule has 1 heterocycles. The number of amides is 2. The van der Waals surface area contributed by atoms with Crippen molar-refractivity contribution in [3.05, 3.63) is 87.3 Å². The van der Waals surface area contributed by atoms with Crippen molar-refractivity contribution in [2.24, 2.45) is 0 Å². The summed E-state index contributed by atoms with van der Waals surface area (Å²) in [5.41, 5.74) is 2.75. The van der Waals surface area contributed by atoms with E-state index in [1.807, 2.05) is 43.3 Å². The van der Waals surface area contributed by atoms with Gasteiger partial charge in [0.1, 0.15) is 13.2 Å². The van der Waals surface area contributed by atoms with Crippen LogP contribution >= 0.6 is 23.4 Å². The number of thioether (sulfide) groups is 1. The molecular formula is C28H26ClNO6S. The number of aryl methyl sites for hydroxylation is 1. The maximum absolute atomic E-state index is 12.9. The SMILES string of the molecule is COc1ccccc1OCCN1C(=O)S/C(=C\c2cc(Cl)c(OCc3cccc(C)c3)c(OC)c2)C1=O. The lowest BCUT2D eigenvalue weighted by atomic mass is 10.1. The second kappa shape index (κ2) is 12.1. The summed E-state index contributed by atoms with van der Waals surface area (Å²) in [7, 11) is 3.07.